The minimum absolute atomic E-state index is 0. The molecule has 0 saturated carbocycles. The molecule has 0 radical (unpaired) electrons. The Morgan fingerprint density at radius 2 is 1.25 bits per heavy atom. The van der Waals surface area contributed by atoms with Crippen LogP contribution in [0, 0.1) is 0 Å². The van der Waals surface area contributed by atoms with Gasteiger partial charge in [0.2, 0.25) is 0 Å². The van der Waals surface area contributed by atoms with Gasteiger partial charge in [0.15, 0.2) is 0 Å². The van der Waals surface area contributed by atoms with E-state index in [9.17, 15) is 0 Å². The van der Waals surface area contributed by atoms with Crippen LogP contribution in [-0.2, 0) is 21.7 Å². The predicted molar refractivity (Wildman–Crippen MR) is 23.6 cm³/mol. The Morgan fingerprint density at radius 3 is 1.25 bits per heavy atom. The smallest absolute Gasteiger partial charge is 1.00 e. The summed E-state index contributed by atoms with van der Waals surface area (Å²) in [4.78, 5) is 0. The van der Waals surface area contributed by atoms with E-state index in [4.69, 9.17) is 0 Å². The fraction of sp³-hybridized carbons (Fsp3) is 0. The summed E-state index contributed by atoms with van der Waals surface area (Å²) in [5.74, 6) is 0. The average molecular weight is 122 g/mol. The molecule has 0 aliphatic heterocycles. The Labute approximate surface area is 62.7 Å². The van der Waals surface area contributed by atoms with Gasteiger partial charge in [0.05, 0.1) is 0 Å². The summed E-state index contributed by atoms with van der Waals surface area (Å²) in [5.41, 5.74) is 0. The van der Waals surface area contributed by atoms with Crippen LogP contribution in [-0.4, -0.2) is 11.0 Å². The second-order valence-corrected chi connectivity index (χ2v) is 0. The first-order chi connectivity index (χ1) is 0. The molecule has 0 spiro atoms. The van der Waals surface area contributed by atoms with E-state index in [1.165, 1.54) is 0 Å². The second kappa shape index (κ2) is 20.3. The maximum absolute atomic E-state index is 0. The van der Waals surface area contributed by atoms with Crippen molar-refractivity contribution in [2.45, 2.75) is 0 Å². The van der Waals surface area contributed by atoms with Gasteiger partial charge in [-0.25, -0.2) is 0 Å². The van der Waals surface area contributed by atoms with Crippen LogP contribution in [0.15, 0.2) is 0 Å². The van der Waals surface area contributed by atoms with E-state index in [0.29, 0.717) is 0 Å². The van der Waals surface area contributed by atoms with Gasteiger partial charge < -0.3 is 1.43 Å². The Hall–Kier alpha value is 1.96. The molecule has 0 bridgehead atoms. The van der Waals surface area contributed by atoms with Crippen LogP contribution in [0.2, 0.25) is 0 Å². The van der Waals surface area contributed by atoms with Gasteiger partial charge >= 0.3 is 18.9 Å². The van der Waals surface area contributed by atoms with E-state index >= 15 is 0 Å². The topological polar surface area (TPSA) is 0 Å². The summed E-state index contributed by atoms with van der Waals surface area (Å²) in [6.45, 7) is 0. The molecule has 22 valence electrons. The quantitative estimate of drug-likeness (QED) is 0.225. The molecule has 0 nitrogen and oxygen atoms in total. The predicted octanol–water partition coefficient (Wildman–Crippen LogP) is -4.28. The fourth-order valence-electron chi connectivity index (χ4n) is 0. The molecular formula is H8LiPSiTi. The fourth-order valence-corrected chi connectivity index (χ4v) is 0. The third-order valence-electron chi connectivity index (χ3n) is 0. The van der Waals surface area contributed by atoms with Gasteiger partial charge in [-0.2, -0.15) is 9.90 Å². The van der Waals surface area contributed by atoms with Crippen LogP contribution in [0.1, 0.15) is 1.43 Å². The Balaban J connectivity index is 0. The minimum Gasteiger partial charge on any atom is -1.00 e. The van der Waals surface area contributed by atoms with Gasteiger partial charge in [-0.3, -0.25) is 0 Å². The molecule has 0 rings (SSSR count). The summed E-state index contributed by atoms with van der Waals surface area (Å²) < 4.78 is 0. The third kappa shape index (κ3) is 9.03. The zero-order valence-electron chi connectivity index (χ0n) is 3.21. The molecule has 4 heteroatoms. The van der Waals surface area contributed by atoms with Gasteiger partial charge in [0, 0.05) is 21.7 Å². The molecule has 0 N–H and O–H groups in total. The third-order valence-corrected chi connectivity index (χ3v) is 0. The van der Waals surface area contributed by atoms with Gasteiger partial charge in [-0.1, -0.05) is 0 Å². The van der Waals surface area contributed by atoms with Crippen molar-refractivity contribution in [1.82, 2.24) is 0 Å². The summed E-state index contributed by atoms with van der Waals surface area (Å²) in [7, 11) is 0. The van der Waals surface area contributed by atoms with E-state index in [2.05, 4.69) is 0 Å². The first-order valence-corrected chi connectivity index (χ1v) is 0. The van der Waals surface area contributed by atoms with E-state index in [1.54, 1.807) is 0 Å². The molecule has 1 unspecified atom stereocenters. The van der Waals surface area contributed by atoms with Crippen molar-refractivity contribution in [1.29, 1.82) is 0 Å². The summed E-state index contributed by atoms with van der Waals surface area (Å²) >= 11 is 0. The monoisotopic (exact) mass is 122 g/mol. The van der Waals surface area contributed by atoms with Crippen molar-refractivity contribution in [3.63, 3.8) is 0 Å². The van der Waals surface area contributed by atoms with Gasteiger partial charge in [0.1, 0.15) is 0 Å². The first-order valence-electron chi connectivity index (χ1n) is 0. The minimum atomic E-state index is 0. The number of rotatable bonds is 0. The van der Waals surface area contributed by atoms with Gasteiger partial charge in [-0.15, -0.1) is 0 Å². The first kappa shape index (κ1) is 38.2. The van der Waals surface area contributed by atoms with Crippen LogP contribution in [0.4, 0.5) is 0 Å². The molecule has 0 saturated heterocycles. The van der Waals surface area contributed by atoms with Crippen LogP contribution in [0.5, 0.6) is 0 Å². The van der Waals surface area contributed by atoms with Crippen molar-refractivity contribution in [3.8, 4) is 0 Å². The molecule has 1 atom stereocenters. The van der Waals surface area contributed by atoms with Crippen LogP contribution in [0.25, 0.3) is 0 Å². The molecule has 0 aliphatic rings. The maximum atomic E-state index is 0. The Morgan fingerprint density at radius 1 is 1.25 bits per heavy atom. The van der Waals surface area contributed by atoms with Crippen molar-refractivity contribution in [3.05, 3.63) is 0 Å². The van der Waals surface area contributed by atoms with Crippen molar-refractivity contribution < 1.29 is 42.0 Å². The van der Waals surface area contributed by atoms with E-state index in [-0.39, 0.29) is 62.9 Å². The largest absolute Gasteiger partial charge is 1.00 e. The zero-order chi connectivity index (χ0) is 0. The maximum Gasteiger partial charge on any atom is 1.00 e. The van der Waals surface area contributed by atoms with Crippen LogP contribution < -0.4 is 18.9 Å². The summed E-state index contributed by atoms with van der Waals surface area (Å²) in [6, 6.07) is 0. The van der Waals surface area contributed by atoms with E-state index in [1.807, 2.05) is 0 Å². The van der Waals surface area contributed by atoms with Crippen LogP contribution >= 0.6 is 9.90 Å². The van der Waals surface area contributed by atoms with Gasteiger partial charge in [-0.05, 0) is 11.0 Å². The molecule has 0 fully saturated rings. The molecule has 0 aromatic heterocycles. The Kier molecular flexibility index (Phi) is 193. The second-order valence-electron chi connectivity index (χ2n) is 0. The SMILES string of the molecule is P.[H-].[Li+].[SiH4].[Ti]. The molecule has 0 heterocycles. The van der Waals surface area contributed by atoms with E-state index < -0.39 is 0 Å². The van der Waals surface area contributed by atoms with Crippen molar-refractivity contribution in [2.75, 3.05) is 0 Å². The molecule has 0 amide bonds. The van der Waals surface area contributed by atoms with Gasteiger partial charge in [0.25, 0.3) is 0 Å². The normalized spacial score (nSPS) is 0. The van der Waals surface area contributed by atoms with Crippen LogP contribution in [0.3, 0.4) is 0 Å². The summed E-state index contributed by atoms with van der Waals surface area (Å²) in [5, 5.41) is 0. The molecule has 4 heavy (non-hydrogen) atoms. The standard InChI is InChI=1S/Li.H3P.H4Si.Ti.H/h;1H3;1H4;;/q+1;;;;-1. The Bertz CT molecular complexity index is 11.6. The average Bonchev–Trinajstić information content (AvgIpc) is 0. The molecule has 0 aliphatic carbocycles. The van der Waals surface area contributed by atoms with Crippen molar-refractivity contribution >= 4 is 20.9 Å². The zero-order valence-corrected chi connectivity index (χ0v) is 5.18. The molecule has 0 aromatic rings. The summed E-state index contributed by atoms with van der Waals surface area (Å²) in [6.07, 6.45) is 0. The molecule has 0 aromatic carbocycles. The van der Waals surface area contributed by atoms with Crippen molar-refractivity contribution in [2.24, 2.45) is 0 Å². The van der Waals surface area contributed by atoms with E-state index in [0.717, 1.165) is 0 Å². The number of hydrogen-bond acceptors (Lipinski definition) is 0. The molecular weight excluding hydrogens is 114 g/mol. The number of hydrogen-bond donors (Lipinski definition) is 0.